The second kappa shape index (κ2) is 8.92. The molecule has 32 heavy (non-hydrogen) atoms. The highest BCUT2D eigenvalue weighted by Crippen LogP contribution is 2.50. The summed E-state index contributed by atoms with van der Waals surface area (Å²) in [6, 6.07) is 16.1. The number of nitrogens with two attached hydrogens (primary N) is 1. The normalized spacial score (nSPS) is 22.9. The average Bonchev–Trinajstić information content (AvgIpc) is 3.05. The number of hydrogen-bond donors (Lipinski definition) is 3. The third kappa shape index (κ3) is 4.18. The highest BCUT2D eigenvalue weighted by atomic mass is 32.2. The summed E-state index contributed by atoms with van der Waals surface area (Å²) in [6.07, 6.45) is 2.78. The van der Waals surface area contributed by atoms with Gasteiger partial charge in [0.2, 0.25) is 0 Å². The summed E-state index contributed by atoms with van der Waals surface area (Å²) in [5, 5.41) is 3.35. The smallest absolute Gasteiger partial charge is 0.321 e. The molecule has 9 heteroatoms. The van der Waals surface area contributed by atoms with E-state index >= 15 is 0 Å². The molecular formula is C23H31N4O4S+. The van der Waals surface area contributed by atoms with Gasteiger partial charge in [0.25, 0.3) is 5.91 Å². The average molecular weight is 460 g/mol. The maximum absolute atomic E-state index is 13.2. The van der Waals surface area contributed by atoms with Crippen molar-refractivity contribution in [2.75, 3.05) is 32.5 Å². The summed E-state index contributed by atoms with van der Waals surface area (Å²) in [6.45, 7) is 2.18. The van der Waals surface area contributed by atoms with Gasteiger partial charge in [-0.2, -0.15) is 13.8 Å². The minimum atomic E-state index is -3.76. The topological polar surface area (TPSA) is 111 Å². The number of amides is 1. The molecule has 2 heterocycles. The molecule has 2 aromatic carbocycles. The number of nitrogens with zero attached hydrogens (tertiary/aromatic N) is 1. The molecule has 2 atom stereocenters. The van der Waals surface area contributed by atoms with Gasteiger partial charge in [-0.05, 0) is 31.5 Å². The predicted octanol–water partition coefficient (Wildman–Crippen LogP) is 1.16. The van der Waals surface area contributed by atoms with E-state index in [0.717, 1.165) is 37.1 Å². The minimum Gasteiger partial charge on any atom is -0.375 e. The Bertz CT molecular complexity index is 1070. The maximum atomic E-state index is 13.2. The Labute approximate surface area is 189 Å². The number of sulfonamides is 1. The van der Waals surface area contributed by atoms with Crippen molar-refractivity contribution in [2.24, 2.45) is 5.73 Å². The molecule has 2 aliphatic heterocycles. The van der Waals surface area contributed by atoms with Crippen molar-refractivity contribution < 1.29 is 17.9 Å². The number of para-hydroxylation sites is 1. The van der Waals surface area contributed by atoms with Crippen LogP contribution in [-0.4, -0.2) is 52.9 Å². The van der Waals surface area contributed by atoms with Crippen LogP contribution in [0.25, 0.3) is 0 Å². The van der Waals surface area contributed by atoms with E-state index in [0.29, 0.717) is 12.3 Å². The molecule has 1 fully saturated rings. The molecule has 4 rings (SSSR count). The number of rotatable bonds is 7. The summed E-state index contributed by atoms with van der Waals surface area (Å²) in [5.41, 5.74) is 11.1. The van der Waals surface area contributed by atoms with E-state index in [1.165, 1.54) is 6.26 Å². The monoisotopic (exact) mass is 459 g/mol. The molecule has 2 aromatic rings. The quantitative estimate of drug-likeness (QED) is 0.536. The number of fused-ring (bicyclic) bond motifs is 2. The molecule has 0 aliphatic carbocycles. The van der Waals surface area contributed by atoms with E-state index in [1.807, 2.05) is 48.5 Å². The molecule has 1 spiro atoms. The zero-order chi connectivity index (χ0) is 22.8. The molecule has 0 aromatic heterocycles. The van der Waals surface area contributed by atoms with Crippen LogP contribution in [0, 0.1) is 0 Å². The van der Waals surface area contributed by atoms with Gasteiger partial charge in [0.15, 0.2) is 5.69 Å². The summed E-state index contributed by atoms with van der Waals surface area (Å²) in [4.78, 5) is 13.1. The van der Waals surface area contributed by atoms with Crippen LogP contribution in [0.1, 0.15) is 24.0 Å². The van der Waals surface area contributed by atoms with Gasteiger partial charge in [0.05, 0.1) is 24.9 Å². The van der Waals surface area contributed by atoms with Gasteiger partial charge in [0, 0.05) is 11.6 Å². The van der Waals surface area contributed by atoms with Gasteiger partial charge in [0.1, 0.15) is 12.6 Å². The molecule has 4 N–H and O–H groups in total. The van der Waals surface area contributed by atoms with Crippen molar-refractivity contribution >= 4 is 21.6 Å². The third-order valence-corrected chi connectivity index (χ3v) is 8.10. The number of quaternary nitrogens is 1. The molecule has 1 saturated heterocycles. The zero-order valence-corrected chi connectivity index (χ0v) is 19.1. The Morgan fingerprint density at radius 1 is 1.16 bits per heavy atom. The van der Waals surface area contributed by atoms with Gasteiger partial charge in [-0.1, -0.05) is 52.5 Å². The van der Waals surface area contributed by atoms with E-state index in [9.17, 15) is 13.2 Å². The first kappa shape index (κ1) is 22.9. The number of piperidine rings is 1. The lowest BCUT2D eigenvalue weighted by Crippen LogP contribution is -2.68. The lowest BCUT2D eigenvalue weighted by atomic mass is 9.75. The van der Waals surface area contributed by atoms with Crippen molar-refractivity contribution in [1.82, 2.24) is 14.7 Å². The number of carbonyl (C=O) groups is 1. The van der Waals surface area contributed by atoms with E-state index in [4.69, 9.17) is 10.5 Å². The standard InChI is InChI=1S/C23H30N4O4S/c1-32(29,30)27(26-22(28)20(24)16-31-15-18-7-3-2-4-8-18)17-23(11-13-25-14-12-23)19-9-5-6-10-21(19)27/h2-10,20,25H,11-17,24H2,1H3/p+1. The van der Waals surface area contributed by atoms with Gasteiger partial charge >= 0.3 is 10.0 Å². The second-order valence-electron chi connectivity index (χ2n) is 8.76. The molecule has 0 bridgehead atoms. The Kier molecular flexibility index (Phi) is 6.37. The van der Waals surface area contributed by atoms with Crippen LogP contribution in [0.2, 0.25) is 0 Å². The second-order valence-corrected chi connectivity index (χ2v) is 10.9. The van der Waals surface area contributed by atoms with Crippen LogP contribution in [0.4, 0.5) is 5.69 Å². The molecule has 0 radical (unpaired) electrons. The first-order valence-electron chi connectivity index (χ1n) is 10.9. The first-order chi connectivity index (χ1) is 15.3. The summed E-state index contributed by atoms with van der Waals surface area (Å²) in [5.74, 6) is -0.552. The van der Waals surface area contributed by atoms with Crippen molar-refractivity contribution in [1.29, 1.82) is 0 Å². The molecule has 2 unspecified atom stereocenters. The molecule has 1 amide bonds. The fourth-order valence-electron chi connectivity index (χ4n) is 4.86. The van der Waals surface area contributed by atoms with Gasteiger partial charge in [-0.25, -0.2) is 0 Å². The fourth-order valence-corrected chi connectivity index (χ4v) is 6.11. The van der Waals surface area contributed by atoms with Gasteiger partial charge in [-0.3, -0.25) is 4.79 Å². The lowest BCUT2D eigenvalue weighted by Gasteiger charge is -2.36. The van der Waals surface area contributed by atoms with E-state index in [2.05, 4.69) is 10.7 Å². The van der Waals surface area contributed by atoms with Crippen molar-refractivity contribution in [3.63, 3.8) is 0 Å². The Balaban J connectivity index is 1.56. The highest BCUT2D eigenvalue weighted by molar-refractivity contribution is 7.90. The number of ether oxygens (including phenoxy) is 1. The zero-order valence-electron chi connectivity index (χ0n) is 18.3. The van der Waals surface area contributed by atoms with Crippen LogP contribution in [-0.2, 0) is 31.6 Å². The van der Waals surface area contributed by atoms with Crippen molar-refractivity contribution in [3.05, 3.63) is 65.7 Å². The minimum absolute atomic E-state index is 0.0127. The van der Waals surface area contributed by atoms with Crippen LogP contribution in [0.15, 0.2) is 54.6 Å². The third-order valence-electron chi connectivity index (χ3n) is 6.55. The maximum Gasteiger partial charge on any atom is 0.321 e. The SMILES string of the molecule is CS(=O)(=O)[N+]1(NC(=O)C(N)COCc2ccccc2)CC2(CCNCC2)c2ccccc21. The molecule has 8 nitrogen and oxygen atoms in total. The predicted molar refractivity (Wildman–Crippen MR) is 124 cm³/mol. The molecular weight excluding hydrogens is 428 g/mol. The Morgan fingerprint density at radius 3 is 2.50 bits per heavy atom. The van der Waals surface area contributed by atoms with E-state index < -0.39 is 26.0 Å². The lowest BCUT2D eigenvalue weighted by molar-refractivity contribution is -0.126. The highest BCUT2D eigenvalue weighted by Gasteiger charge is 2.60. The number of hydrogen-bond acceptors (Lipinski definition) is 6. The van der Waals surface area contributed by atoms with Crippen molar-refractivity contribution in [2.45, 2.75) is 30.9 Å². The number of nitrogens with one attached hydrogen (secondary N) is 2. The van der Waals surface area contributed by atoms with Crippen molar-refractivity contribution in [3.8, 4) is 0 Å². The fraction of sp³-hybridized carbons (Fsp3) is 0.435. The molecule has 172 valence electrons. The summed E-state index contributed by atoms with van der Waals surface area (Å²) < 4.78 is 31.3. The van der Waals surface area contributed by atoms with Gasteiger partial charge in [-0.15, -0.1) is 0 Å². The number of benzene rings is 2. The molecule has 2 aliphatic rings. The van der Waals surface area contributed by atoms with Crippen LogP contribution in [0.5, 0.6) is 0 Å². The molecule has 0 saturated carbocycles. The van der Waals surface area contributed by atoms with Crippen LogP contribution in [0.3, 0.4) is 0 Å². The largest absolute Gasteiger partial charge is 0.375 e. The van der Waals surface area contributed by atoms with E-state index in [-0.39, 0.29) is 18.6 Å². The van der Waals surface area contributed by atoms with E-state index in [1.54, 1.807) is 6.07 Å². The van der Waals surface area contributed by atoms with Crippen LogP contribution < -0.4 is 20.5 Å². The first-order valence-corrected chi connectivity index (χ1v) is 12.7. The Morgan fingerprint density at radius 2 is 1.81 bits per heavy atom. The summed E-state index contributed by atoms with van der Waals surface area (Å²) >= 11 is 0. The Hall–Kier alpha value is -2.30. The van der Waals surface area contributed by atoms with Gasteiger partial charge < -0.3 is 15.8 Å². The van der Waals surface area contributed by atoms with Crippen LogP contribution >= 0.6 is 0 Å². The number of carbonyl (C=O) groups excluding carboxylic acids is 1. The summed E-state index contributed by atoms with van der Waals surface area (Å²) in [7, 11) is -3.76.